The number of alkyl halides is 3. The van der Waals surface area contributed by atoms with Gasteiger partial charge in [-0.1, -0.05) is 0 Å². The average Bonchev–Trinajstić information content (AvgIpc) is 2.63. The fourth-order valence-electron chi connectivity index (χ4n) is 3.21. The Morgan fingerprint density at radius 1 is 1.21 bits per heavy atom. The van der Waals surface area contributed by atoms with Crippen molar-refractivity contribution in [1.82, 2.24) is 10.3 Å². The van der Waals surface area contributed by atoms with Crippen molar-refractivity contribution in [2.75, 3.05) is 18.0 Å². The van der Waals surface area contributed by atoms with Crippen LogP contribution in [0.5, 0.6) is 5.75 Å². The third-order valence-corrected chi connectivity index (χ3v) is 4.46. The number of hydrogen-bond acceptors (Lipinski definition) is 4. The van der Waals surface area contributed by atoms with Crippen LogP contribution in [0.25, 0.3) is 11.3 Å². The van der Waals surface area contributed by atoms with Gasteiger partial charge < -0.3 is 15.0 Å². The molecule has 1 aromatic carbocycles. The normalized spacial score (nSPS) is 15.4. The molecule has 1 N–H and O–H groups in total. The van der Waals surface area contributed by atoms with Gasteiger partial charge in [0.1, 0.15) is 0 Å². The van der Waals surface area contributed by atoms with Gasteiger partial charge in [0, 0.05) is 43.5 Å². The minimum Gasteiger partial charge on any atom is -0.403 e. The van der Waals surface area contributed by atoms with Gasteiger partial charge in [-0.2, -0.15) is 0 Å². The molecule has 2 aromatic rings. The molecular formula is C19H19F4N3O2. The zero-order valence-electron chi connectivity index (χ0n) is 15.1. The predicted molar refractivity (Wildman–Crippen MR) is 95.4 cm³/mol. The molecule has 5 nitrogen and oxygen atoms in total. The first-order chi connectivity index (χ1) is 13.2. The molecule has 0 atom stereocenters. The molecule has 1 saturated heterocycles. The van der Waals surface area contributed by atoms with Crippen molar-refractivity contribution in [3.63, 3.8) is 0 Å². The number of aromatic nitrogens is 1. The van der Waals surface area contributed by atoms with Crippen LogP contribution in [-0.4, -0.2) is 36.4 Å². The molecule has 0 spiro atoms. The maximum atomic E-state index is 14.0. The lowest BCUT2D eigenvalue weighted by molar-refractivity contribution is -0.275. The van der Waals surface area contributed by atoms with E-state index in [4.69, 9.17) is 0 Å². The van der Waals surface area contributed by atoms with Gasteiger partial charge in [-0.05, 0) is 43.2 Å². The van der Waals surface area contributed by atoms with Crippen molar-refractivity contribution in [2.24, 2.45) is 0 Å². The van der Waals surface area contributed by atoms with Crippen molar-refractivity contribution in [3.8, 4) is 17.0 Å². The highest BCUT2D eigenvalue weighted by molar-refractivity contribution is 5.73. The number of ether oxygens (including phenoxy) is 1. The second kappa shape index (κ2) is 8.04. The standard InChI is InChI=1S/C19H19F4N3O2/c1-12(27)25-14-5-8-26(9-6-14)15-4-7-24-17(11-15)13-2-3-18(16(20)10-13)28-19(21,22)23/h2-4,7,10-11,14H,5-6,8-9H2,1H3,(H,25,27). The van der Waals surface area contributed by atoms with Crippen molar-refractivity contribution < 1.29 is 27.1 Å². The van der Waals surface area contributed by atoms with Gasteiger partial charge in [0.05, 0.1) is 5.69 Å². The topological polar surface area (TPSA) is 54.5 Å². The Kier molecular flexibility index (Phi) is 5.71. The lowest BCUT2D eigenvalue weighted by Gasteiger charge is -2.33. The molecule has 0 bridgehead atoms. The van der Waals surface area contributed by atoms with Gasteiger partial charge in [-0.15, -0.1) is 13.2 Å². The number of nitrogens with one attached hydrogen (secondary N) is 1. The first-order valence-corrected chi connectivity index (χ1v) is 8.75. The summed E-state index contributed by atoms with van der Waals surface area (Å²) >= 11 is 0. The van der Waals surface area contributed by atoms with Crippen LogP contribution in [0.4, 0.5) is 23.2 Å². The summed E-state index contributed by atoms with van der Waals surface area (Å²) in [5, 5.41) is 2.91. The van der Waals surface area contributed by atoms with E-state index in [1.807, 2.05) is 6.07 Å². The average molecular weight is 397 g/mol. The second-order valence-corrected chi connectivity index (χ2v) is 6.55. The number of anilines is 1. The molecule has 0 aliphatic carbocycles. The van der Waals surface area contributed by atoms with E-state index in [0.29, 0.717) is 11.3 Å². The smallest absolute Gasteiger partial charge is 0.403 e. The molecule has 2 heterocycles. The third kappa shape index (κ3) is 5.11. The molecule has 150 valence electrons. The highest BCUT2D eigenvalue weighted by Gasteiger charge is 2.32. The summed E-state index contributed by atoms with van der Waals surface area (Å²) in [4.78, 5) is 17.5. The molecule has 9 heteroatoms. The Hall–Kier alpha value is -2.84. The highest BCUT2D eigenvalue weighted by atomic mass is 19.4. The molecule has 3 rings (SSSR count). The lowest BCUT2D eigenvalue weighted by atomic mass is 10.0. The highest BCUT2D eigenvalue weighted by Crippen LogP contribution is 2.30. The minimum absolute atomic E-state index is 0.0513. The lowest BCUT2D eigenvalue weighted by Crippen LogP contribution is -2.44. The van der Waals surface area contributed by atoms with Crippen molar-refractivity contribution in [2.45, 2.75) is 32.2 Å². The van der Waals surface area contributed by atoms with Gasteiger partial charge in [-0.3, -0.25) is 9.78 Å². The van der Waals surface area contributed by atoms with E-state index in [1.165, 1.54) is 13.0 Å². The number of rotatable bonds is 4. The van der Waals surface area contributed by atoms with Crippen LogP contribution in [0, 0.1) is 5.82 Å². The van der Waals surface area contributed by atoms with Crippen LogP contribution < -0.4 is 15.0 Å². The number of nitrogens with zero attached hydrogens (tertiary/aromatic N) is 2. The minimum atomic E-state index is -4.95. The van der Waals surface area contributed by atoms with Crippen LogP contribution in [0.15, 0.2) is 36.5 Å². The first kappa shape index (κ1) is 19.9. The zero-order chi connectivity index (χ0) is 20.3. The Balaban J connectivity index is 1.73. The van der Waals surface area contributed by atoms with Crippen LogP contribution in [0.2, 0.25) is 0 Å². The molecule has 28 heavy (non-hydrogen) atoms. The fourth-order valence-corrected chi connectivity index (χ4v) is 3.21. The molecule has 0 saturated carbocycles. The summed E-state index contributed by atoms with van der Waals surface area (Å²) in [5.74, 6) is -2.05. The fraction of sp³-hybridized carbons (Fsp3) is 0.368. The van der Waals surface area contributed by atoms with E-state index in [1.54, 1.807) is 12.3 Å². The number of hydrogen-bond donors (Lipinski definition) is 1. The van der Waals surface area contributed by atoms with Gasteiger partial charge in [-0.25, -0.2) is 4.39 Å². The molecule has 1 aromatic heterocycles. The van der Waals surface area contributed by atoms with Gasteiger partial charge >= 0.3 is 6.36 Å². The zero-order valence-corrected chi connectivity index (χ0v) is 15.1. The molecule has 1 fully saturated rings. The van der Waals surface area contributed by atoms with Gasteiger partial charge in [0.25, 0.3) is 0 Å². The van der Waals surface area contributed by atoms with Crippen LogP contribution in [-0.2, 0) is 4.79 Å². The quantitative estimate of drug-likeness (QED) is 0.796. The van der Waals surface area contributed by atoms with Gasteiger partial charge in [0.15, 0.2) is 11.6 Å². The number of carbonyl (C=O) groups is 1. The molecule has 0 radical (unpaired) electrons. The first-order valence-electron chi connectivity index (χ1n) is 8.75. The Labute approximate surface area is 159 Å². The third-order valence-electron chi connectivity index (χ3n) is 4.46. The van der Waals surface area contributed by atoms with E-state index in [-0.39, 0.29) is 11.9 Å². The summed E-state index contributed by atoms with van der Waals surface area (Å²) in [5.41, 5.74) is 1.67. The van der Waals surface area contributed by atoms with E-state index in [9.17, 15) is 22.4 Å². The Morgan fingerprint density at radius 3 is 2.54 bits per heavy atom. The van der Waals surface area contributed by atoms with Crippen LogP contribution >= 0.6 is 0 Å². The maximum absolute atomic E-state index is 14.0. The summed E-state index contributed by atoms with van der Waals surface area (Å²) in [6.07, 6.45) is -1.78. The van der Waals surface area contributed by atoms with E-state index >= 15 is 0 Å². The van der Waals surface area contributed by atoms with E-state index in [0.717, 1.165) is 43.8 Å². The largest absolute Gasteiger partial charge is 0.573 e. The number of benzene rings is 1. The van der Waals surface area contributed by atoms with E-state index < -0.39 is 17.9 Å². The number of amides is 1. The number of carbonyl (C=O) groups excluding carboxylic acids is 1. The summed E-state index contributed by atoms with van der Waals surface area (Å²) in [6, 6.07) is 6.96. The second-order valence-electron chi connectivity index (χ2n) is 6.55. The molecule has 0 unspecified atom stereocenters. The SMILES string of the molecule is CC(=O)NC1CCN(c2ccnc(-c3ccc(OC(F)(F)F)c(F)c3)c2)CC1. The predicted octanol–water partition coefficient (Wildman–Crippen LogP) is 3.89. The molecule has 1 aliphatic rings. The molecule has 1 aliphatic heterocycles. The number of pyridine rings is 1. The summed E-state index contributed by atoms with van der Waals surface area (Å²) in [6.45, 7) is 2.97. The van der Waals surface area contributed by atoms with Crippen LogP contribution in [0.1, 0.15) is 19.8 Å². The van der Waals surface area contributed by atoms with E-state index in [2.05, 4.69) is 19.9 Å². The summed E-state index contributed by atoms with van der Waals surface area (Å²) in [7, 11) is 0. The van der Waals surface area contributed by atoms with Crippen molar-refractivity contribution >= 4 is 11.6 Å². The molecular weight excluding hydrogens is 378 g/mol. The van der Waals surface area contributed by atoms with Crippen LogP contribution in [0.3, 0.4) is 0 Å². The van der Waals surface area contributed by atoms with Crippen molar-refractivity contribution in [3.05, 3.63) is 42.3 Å². The molecule has 1 amide bonds. The monoisotopic (exact) mass is 397 g/mol. The Bertz CT molecular complexity index is 849. The van der Waals surface area contributed by atoms with Gasteiger partial charge in [0.2, 0.25) is 5.91 Å². The number of piperidine rings is 1. The summed E-state index contributed by atoms with van der Waals surface area (Å²) < 4.78 is 54.4. The number of halogens is 4. The Morgan fingerprint density at radius 2 is 1.93 bits per heavy atom. The maximum Gasteiger partial charge on any atom is 0.573 e. The van der Waals surface area contributed by atoms with Crippen molar-refractivity contribution in [1.29, 1.82) is 0 Å².